The summed E-state index contributed by atoms with van der Waals surface area (Å²) in [6.07, 6.45) is 8.94. The number of sulfonamides is 1. The fraction of sp³-hybridized carbons (Fsp3) is 0.696. The van der Waals surface area contributed by atoms with E-state index in [0.29, 0.717) is 36.2 Å². The van der Waals surface area contributed by atoms with Crippen LogP contribution in [0.4, 0.5) is 0 Å². The van der Waals surface area contributed by atoms with Crippen LogP contribution in [0.5, 0.6) is 5.75 Å². The molecule has 2 aliphatic carbocycles. The van der Waals surface area contributed by atoms with Crippen LogP contribution in [0.15, 0.2) is 23.1 Å². The summed E-state index contributed by atoms with van der Waals surface area (Å²) >= 11 is 0. The molecule has 6 nitrogen and oxygen atoms in total. The van der Waals surface area contributed by atoms with Gasteiger partial charge in [-0.1, -0.05) is 19.3 Å². The third-order valence-corrected chi connectivity index (χ3v) is 9.31. The van der Waals surface area contributed by atoms with Gasteiger partial charge < -0.3 is 10.1 Å². The molecule has 7 heteroatoms. The third-order valence-electron chi connectivity index (χ3n) is 7.41. The number of benzene rings is 1. The lowest BCUT2D eigenvalue weighted by molar-refractivity contribution is 0.0912. The Bertz CT molecular complexity index is 877. The van der Waals surface area contributed by atoms with Crippen LogP contribution >= 0.6 is 0 Å². The normalized spacial score (nSPS) is 28.1. The molecule has 166 valence electrons. The van der Waals surface area contributed by atoms with Gasteiger partial charge in [-0.3, -0.25) is 4.79 Å². The molecule has 2 bridgehead atoms. The van der Waals surface area contributed by atoms with Crippen LogP contribution in [0.3, 0.4) is 0 Å². The van der Waals surface area contributed by atoms with Crippen molar-refractivity contribution in [3.8, 4) is 5.75 Å². The molecule has 1 aromatic rings. The van der Waals surface area contributed by atoms with Gasteiger partial charge in [-0.2, -0.15) is 4.31 Å². The zero-order valence-electron chi connectivity index (χ0n) is 18.1. The van der Waals surface area contributed by atoms with E-state index in [1.807, 2.05) is 0 Å². The molecule has 1 aromatic carbocycles. The van der Waals surface area contributed by atoms with Crippen molar-refractivity contribution >= 4 is 15.9 Å². The Morgan fingerprint density at radius 1 is 1.13 bits per heavy atom. The van der Waals surface area contributed by atoms with E-state index < -0.39 is 10.0 Å². The van der Waals surface area contributed by atoms with Crippen molar-refractivity contribution in [1.29, 1.82) is 0 Å². The zero-order chi connectivity index (χ0) is 21.3. The highest BCUT2D eigenvalue weighted by molar-refractivity contribution is 7.89. The molecule has 30 heavy (non-hydrogen) atoms. The average molecular weight is 435 g/mol. The first-order valence-electron chi connectivity index (χ1n) is 11.4. The van der Waals surface area contributed by atoms with Gasteiger partial charge in [0, 0.05) is 19.1 Å². The van der Waals surface area contributed by atoms with Gasteiger partial charge in [0.05, 0.1) is 17.6 Å². The number of carbonyl (C=O) groups excluding carboxylic acids is 1. The molecule has 4 atom stereocenters. The van der Waals surface area contributed by atoms with Crippen molar-refractivity contribution in [1.82, 2.24) is 9.62 Å². The summed E-state index contributed by atoms with van der Waals surface area (Å²) in [6.45, 7) is 3.15. The highest BCUT2D eigenvalue weighted by Gasteiger charge is 2.42. The molecule has 3 aliphatic rings. The molecule has 1 N–H and O–H groups in total. The molecule has 2 saturated carbocycles. The Hall–Kier alpha value is -1.60. The molecule has 1 heterocycles. The van der Waals surface area contributed by atoms with Gasteiger partial charge in [0.1, 0.15) is 5.75 Å². The lowest BCUT2D eigenvalue weighted by atomic mass is 9.84. The van der Waals surface area contributed by atoms with E-state index in [2.05, 4.69) is 12.2 Å². The molecular weight excluding hydrogens is 400 g/mol. The molecule has 0 radical (unpaired) electrons. The monoisotopic (exact) mass is 434 g/mol. The first-order chi connectivity index (χ1) is 14.4. The Labute approximate surface area is 180 Å². The number of methoxy groups -OCH3 is 1. The van der Waals surface area contributed by atoms with E-state index in [4.69, 9.17) is 4.74 Å². The van der Waals surface area contributed by atoms with Crippen LogP contribution < -0.4 is 10.1 Å². The van der Waals surface area contributed by atoms with Crippen LogP contribution in [0.1, 0.15) is 68.6 Å². The summed E-state index contributed by atoms with van der Waals surface area (Å²) in [6, 6.07) is 4.71. The van der Waals surface area contributed by atoms with Crippen LogP contribution in [0.25, 0.3) is 0 Å². The first kappa shape index (κ1) is 21.6. The van der Waals surface area contributed by atoms with Gasteiger partial charge in [0.2, 0.25) is 10.0 Å². The van der Waals surface area contributed by atoms with Crippen molar-refractivity contribution in [2.24, 2.45) is 17.8 Å². The van der Waals surface area contributed by atoms with Gasteiger partial charge in [-0.05, 0) is 75.0 Å². The number of hydrogen-bond donors (Lipinski definition) is 1. The van der Waals surface area contributed by atoms with Crippen LogP contribution in [0.2, 0.25) is 0 Å². The lowest BCUT2D eigenvalue weighted by Crippen LogP contribution is -2.40. The quantitative estimate of drug-likeness (QED) is 0.739. The van der Waals surface area contributed by atoms with E-state index in [-0.39, 0.29) is 16.8 Å². The number of nitrogens with one attached hydrogen (secondary N) is 1. The predicted molar refractivity (Wildman–Crippen MR) is 116 cm³/mol. The SMILES string of the molecule is COc1ccc(S(=O)(=O)N2CCCCCC2)cc1C(=O)N[C@H](C)[C@@H]1C[C@@H]2CC[C@@H]1C2. The van der Waals surface area contributed by atoms with Crippen molar-refractivity contribution in [2.45, 2.75) is 69.2 Å². The Morgan fingerprint density at radius 2 is 1.87 bits per heavy atom. The van der Waals surface area contributed by atoms with Crippen LogP contribution in [-0.4, -0.2) is 44.9 Å². The van der Waals surface area contributed by atoms with Crippen molar-refractivity contribution in [2.75, 3.05) is 20.2 Å². The van der Waals surface area contributed by atoms with E-state index in [1.54, 1.807) is 16.4 Å². The maximum atomic E-state index is 13.2. The molecule has 0 aromatic heterocycles. The lowest BCUT2D eigenvalue weighted by Gasteiger charge is -2.28. The van der Waals surface area contributed by atoms with Gasteiger partial charge in [0.25, 0.3) is 5.91 Å². The second kappa shape index (κ2) is 8.87. The minimum atomic E-state index is -3.62. The van der Waals surface area contributed by atoms with Crippen molar-refractivity contribution in [3.05, 3.63) is 23.8 Å². The standard InChI is InChI=1S/C23H34N2O4S/c1-16(20-14-17-7-8-18(20)13-17)24-23(26)21-15-19(9-10-22(21)29-2)30(27,28)25-11-5-3-4-6-12-25/h9-10,15-18,20H,3-8,11-14H2,1-2H3,(H,24,26)/t16-,17-,18-,20+/m1/s1. The largest absolute Gasteiger partial charge is 0.496 e. The maximum Gasteiger partial charge on any atom is 0.255 e. The summed E-state index contributed by atoms with van der Waals surface area (Å²) in [5, 5.41) is 3.14. The second-order valence-electron chi connectivity index (χ2n) is 9.28. The Morgan fingerprint density at radius 3 is 2.47 bits per heavy atom. The third kappa shape index (κ3) is 4.24. The van der Waals surface area contributed by atoms with Gasteiger partial charge in [0.15, 0.2) is 0 Å². The minimum Gasteiger partial charge on any atom is -0.496 e. The smallest absolute Gasteiger partial charge is 0.255 e. The molecule has 0 spiro atoms. The van der Waals surface area contributed by atoms with Gasteiger partial charge in [-0.25, -0.2) is 8.42 Å². The topological polar surface area (TPSA) is 75.7 Å². The number of nitrogens with zero attached hydrogens (tertiary/aromatic N) is 1. The molecular formula is C23H34N2O4S. The second-order valence-corrected chi connectivity index (χ2v) is 11.2. The van der Waals surface area contributed by atoms with Crippen LogP contribution in [0, 0.1) is 17.8 Å². The summed E-state index contributed by atoms with van der Waals surface area (Å²) in [4.78, 5) is 13.3. The van der Waals surface area contributed by atoms with E-state index in [0.717, 1.165) is 31.6 Å². The fourth-order valence-corrected chi connectivity index (χ4v) is 7.30. The fourth-order valence-electron chi connectivity index (χ4n) is 5.75. The molecule has 4 rings (SSSR count). The molecule has 0 unspecified atom stereocenters. The number of amides is 1. The zero-order valence-corrected chi connectivity index (χ0v) is 18.9. The van der Waals surface area contributed by atoms with Crippen LogP contribution in [-0.2, 0) is 10.0 Å². The summed E-state index contributed by atoms with van der Waals surface area (Å²) in [7, 11) is -2.11. The number of rotatable bonds is 6. The molecule has 1 amide bonds. The molecule has 1 saturated heterocycles. The Kier molecular flexibility index (Phi) is 6.39. The minimum absolute atomic E-state index is 0.0726. The van der Waals surface area contributed by atoms with Gasteiger partial charge in [-0.15, -0.1) is 0 Å². The maximum absolute atomic E-state index is 13.2. The Balaban J connectivity index is 1.54. The van der Waals surface area contributed by atoms with E-state index in [9.17, 15) is 13.2 Å². The average Bonchev–Trinajstić information content (AvgIpc) is 3.27. The summed E-state index contributed by atoms with van der Waals surface area (Å²) < 4.78 is 33.3. The summed E-state index contributed by atoms with van der Waals surface area (Å²) in [5.41, 5.74) is 0.295. The number of fused-ring (bicyclic) bond motifs is 2. The molecule has 1 aliphatic heterocycles. The van der Waals surface area contributed by atoms with E-state index in [1.165, 1.54) is 38.9 Å². The molecule has 3 fully saturated rings. The number of carbonyl (C=O) groups is 1. The number of ether oxygens (including phenoxy) is 1. The van der Waals surface area contributed by atoms with E-state index >= 15 is 0 Å². The van der Waals surface area contributed by atoms with Crippen molar-refractivity contribution < 1.29 is 17.9 Å². The predicted octanol–water partition coefficient (Wildman–Crippen LogP) is 3.81. The first-order valence-corrected chi connectivity index (χ1v) is 12.8. The van der Waals surface area contributed by atoms with Crippen molar-refractivity contribution in [3.63, 3.8) is 0 Å². The summed E-state index contributed by atoms with van der Waals surface area (Å²) in [5.74, 6) is 2.19. The highest BCUT2D eigenvalue weighted by atomic mass is 32.2. The highest BCUT2D eigenvalue weighted by Crippen LogP contribution is 2.49. The van der Waals surface area contributed by atoms with Gasteiger partial charge >= 0.3 is 0 Å². The number of hydrogen-bond acceptors (Lipinski definition) is 4.